The topological polar surface area (TPSA) is 23.8 Å². The minimum absolute atomic E-state index is 0.506. The molecule has 0 aliphatic carbocycles. The summed E-state index contributed by atoms with van der Waals surface area (Å²) in [5.41, 5.74) is 1.06. The molecule has 0 bridgehead atoms. The summed E-state index contributed by atoms with van der Waals surface area (Å²) in [5, 5.41) is 8.14. The van der Waals surface area contributed by atoms with E-state index in [1.807, 2.05) is 19.1 Å². The third-order valence-electron chi connectivity index (χ3n) is 0.760. The lowest BCUT2D eigenvalue weighted by atomic mass is 10.2. The minimum Gasteiger partial charge on any atom is -0.198 e. The summed E-state index contributed by atoms with van der Waals surface area (Å²) < 4.78 is 0. The largest absolute Gasteiger partial charge is 0.198 e. The first kappa shape index (κ1) is 6.97. The second-order valence-electron chi connectivity index (χ2n) is 1.58. The van der Waals surface area contributed by atoms with E-state index in [1.165, 1.54) is 0 Å². The maximum atomic E-state index is 8.14. The second-order valence-corrected chi connectivity index (χ2v) is 1.58. The van der Waals surface area contributed by atoms with Crippen LogP contribution in [0.25, 0.3) is 0 Å². The molecule has 0 radical (unpaired) electrons. The van der Waals surface area contributed by atoms with Crippen LogP contribution in [-0.2, 0) is 0 Å². The molecule has 0 aromatic rings. The monoisotopic (exact) mass is 107 g/mol. The van der Waals surface area contributed by atoms with Crippen molar-refractivity contribution >= 4 is 0 Å². The van der Waals surface area contributed by atoms with Gasteiger partial charge in [-0.1, -0.05) is 24.3 Å². The standard InChI is InChI=1S/C7H9N/c1-3-4-7(2)5-6-8/h3-4H,1,5H2,2H3/b7-4+. The number of rotatable bonds is 2. The summed E-state index contributed by atoms with van der Waals surface area (Å²) in [4.78, 5) is 0. The Bertz CT molecular complexity index is 137. The number of hydrogen-bond acceptors (Lipinski definition) is 1. The van der Waals surface area contributed by atoms with Crippen molar-refractivity contribution in [2.75, 3.05) is 0 Å². The molecule has 0 unspecified atom stereocenters. The van der Waals surface area contributed by atoms with Gasteiger partial charge in [0.25, 0.3) is 0 Å². The lowest BCUT2D eigenvalue weighted by Crippen LogP contribution is -1.68. The summed E-state index contributed by atoms with van der Waals surface area (Å²) >= 11 is 0. The van der Waals surface area contributed by atoms with Gasteiger partial charge in [-0.3, -0.25) is 0 Å². The molecule has 0 saturated carbocycles. The Labute approximate surface area is 49.9 Å². The Kier molecular flexibility index (Phi) is 3.60. The molecule has 0 rings (SSSR count). The van der Waals surface area contributed by atoms with E-state index < -0.39 is 0 Å². The van der Waals surface area contributed by atoms with E-state index in [-0.39, 0.29) is 0 Å². The lowest BCUT2D eigenvalue weighted by Gasteiger charge is -1.84. The molecule has 8 heavy (non-hydrogen) atoms. The highest BCUT2D eigenvalue weighted by atomic mass is 14.2. The fourth-order valence-corrected chi connectivity index (χ4v) is 0.385. The van der Waals surface area contributed by atoms with Crippen molar-refractivity contribution in [3.8, 4) is 6.07 Å². The van der Waals surface area contributed by atoms with Crippen LogP contribution in [0.4, 0.5) is 0 Å². The maximum Gasteiger partial charge on any atom is 0.0666 e. The van der Waals surface area contributed by atoms with Crippen molar-refractivity contribution in [3.63, 3.8) is 0 Å². The van der Waals surface area contributed by atoms with E-state index in [2.05, 4.69) is 6.58 Å². The van der Waals surface area contributed by atoms with E-state index >= 15 is 0 Å². The van der Waals surface area contributed by atoms with Crippen LogP contribution in [-0.4, -0.2) is 0 Å². The first-order valence-corrected chi connectivity index (χ1v) is 2.46. The summed E-state index contributed by atoms with van der Waals surface area (Å²) in [7, 11) is 0. The normalized spacial score (nSPS) is 10.2. The molecule has 0 spiro atoms. The molecule has 0 aliphatic heterocycles. The van der Waals surface area contributed by atoms with Crippen molar-refractivity contribution < 1.29 is 0 Å². The molecule has 0 heterocycles. The average molecular weight is 107 g/mol. The fraction of sp³-hybridized carbons (Fsp3) is 0.286. The van der Waals surface area contributed by atoms with Crippen LogP contribution < -0.4 is 0 Å². The van der Waals surface area contributed by atoms with E-state index in [4.69, 9.17) is 5.26 Å². The van der Waals surface area contributed by atoms with Crippen molar-refractivity contribution in [2.24, 2.45) is 0 Å². The van der Waals surface area contributed by atoms with E-state index in [1.54, 1.807) is 6.08 Å². The highest BCUT2D eigenvalue weighted by Gasteiger charge is 1.80. The molecule has 0 saturated heterocycles. The van der Waals surface area contributed by atoms with Gasteiger partial charge in [0.1, 0.15) is 0 Å². The Hall–Kier alpha value is -1.03. The van der Waals surface area contributed by atoms with E-state index in [9.17, 15) is 0 Å². The van der Waals surface area contributed by atoms with E-state index in [0.717, 1.165) is 5.57 Å². The average Bonchev–Trinajstić information content (AvgIpc) is 1.68. The van der Waals surface area contributed by atoms with Crippen molar-refractivity contribution in [2.45, 2.75) is 13.3 Å². The van der Waals surface area contributed by atoms with Crippen LogP contribution in [0.5, 0.6) is 0 Å². The molecule has 1 nitrogen and oxygen atoms in total. The van der Waals surface area contributed by atoms with Crippen molar-refractivity contribution in [1.29, 1.82) is 5.26 Å². The van der Waals surface area contributed by atoms with Crippen LogP contribution in [0, 0.1) is 11.3 Å². The smallest absolute Gasteiger partial charge is 0.0666 e. The van der Waals surface area contributed by atoms with Gasteiger partial charge in [-0.15, -0.1) is 0 Å². The Balaban J connectivity index is 3.65. The molecule has 0 atom stereocenters. The van der Waals surface area contributed by atoms with Gasteiger partial charge in [-0.25, -0.2) is 0 Å². The van der Waals surface area contributed by atoms with E-state index in [0.29, 0.717) is 6.42 Å². The molecule has 1 heteroatoms. The maximum absolute atomic E-state index is 8.14. The predicted octanol–water partition coefficient (Wildman–Crippen LogP) is 2.03. The number of hydrogen-bond donors (Lipinski definition) is 0. The molecule has 0 aromatic carbocycles. The van der Waals surface area contributed by atoms with Crippen LogP contribution in [0.2, 0.25) is 0 Å². The molecular formula is C7H9N. The van der Waals surface area contributed by atoms with Gasteiger partial charge in [0, 0.05) is 0 Å². The summed E-state index contributed by atoms with van der Waals surface area (Å²) in [6.45, 7) is 5.40. The zero-order chi connectivity index (χ0) is 6.41. The zero-order valence-electron chi connectivity index (χ0n) is 5.02. The van der Waals surface area contributed by atoms with Crippen LogP contribution >= 0.6 is 0 Å². The van der Waals surface area contributed by atoms with Gasteiger partial charge in [0.2, 0.25) is 0 Å². The molecule has 0 N–H and O–H groups in total. The Morgan fingerprint density at radius 1 is 1.88 bits per heavy atom. The van der Waals surface area contributed by atoms with Crippen molar-refractivity contribution in [3.05, 3.63) is 24.3 Å². The fourth-order valence-electron chi connectivity index (χ4n) is 0.385. The number of nitrogens with zero attached hydrogens (tertiary/aromatic N) is 1. The molecule has 0 aliphatic rings. The molecule has 0 fully saturated rings. The summed E-state index contributed by atoms with van der Waals surface area (Å²) in [5.74, 6) is 0. The number of nitriles is 1. The first-order valence-electron chi connectivity index (χ1n) is 2.46. The van der Waals surface area contributed by atoms with Crippen LogP contribution in [0.3, 0.4) is 0 Å². The lowest BCUT2D eigenvalue weighted by molar-refractivity contribution is 1.21. The predicted molar refractivity (Wildman–Crippen MR) is 34.2 cm³/mol. The highest BCUT2D eigenvalue weighted by Crippen LogP contribution is 1.95. The summed E-state index contributed by atoms with van der Waals surface area (Å²) in [6, 6.07) is 2.04. The first-order chi connectivity index (χ1) is 3.81. The van der Waals surface area contributed by atoms with Gasteiger partial charge < -0.3 is 0 Å². The molecule has 42 valence electrons. The third kappa shape index (κ3) is 3.17. The minimum atomic E-state index is 0.506. The Morgan fingerprint density at radius 3 is 2.88 bits per heavy atom. The van der Waals surface area contributed by atoms with Crippen molar-refractivity contribution in [1.82, 2.24) is 0 Å². The highest BCUT2D eigenvalue weighted by molar-refractivity contribution is 5.11. The van der Waals surface area contributed by atoms with Crippen LogP contribution in [0.15, 0.2) is 24.3 Å². The van der Waals surface area contributed by atoms with Gasteiger partial charge in [0.15, 0.2) is 0 Å². The van der Waals surface area contributed by atoms with Gasteiger partial charge in [-0.2, -0.15) is 5.26 Å². The third-order valence-corrected chi connectivity index (χ3v) is 0.760. The quantitative estimate of drug-likeness (QED) is 0.495. The zero-order valence-corrected chi connectivity index (χ0v) is 5.02. The van der Waals surface area contributed by atoms with Gasteiger partial charge in [-0.05, 0) is 6.92 Å². The molecular weight excluding hydrogens is 98.1 g/mol. The van der Waals surface area contributed by atoms with Crippen LogP contribution in [0.1, 0.15) is 13.3 Å². The molecule has 0 aromatic heterocycles. The molecule has 0 amide bonds. The number of allylic oxidation sites excluding steroid dienone is 3. The Morgan fingerprint density at radius 2 is 2.50 bits per heavy atom. The summed E-state index contributed by atoms with van der Waals surface area (Å²) in [6.07, 6.45) is 4.03. The van der Waals surface area contributed by atoms with Gasteiger partial charge in [0.05, 0.1) is 12.5 Å². The second kappa shape index (κ2) is 4.14. The SMILES string of the molecule is C=C/C=C(\C)CC#N. The van der Waals surface area contributed by atoms with Gasteiger partial charge >= 0.3 is 0 Å².